The van der Waals surface area contributed by atoms with Crippen LogP contribution in [-0.4, -0.2) is 10.2 Å². The molecule has 0 aliphatic heterocycles. The van der Waals surface area contributed by atoms with Crippen molar-refractivity contribution in [1.82, 2.24) is 10.2 Å². The van der Waals surface area contributed by atoms with Gasteiger partial charge in [-0.25, -0.2) is 0 Å². The van der Waals surface area contributed by atoms with Crippen LogP contribution in [0.2, 0.25) is 0 Å². The summed E-state index contributed by atoms with van der Waals surface area (Å²) in [6.07, 6.45) is 0.940. The summed E-state index contributed by atoms with van der Waals surface area (Å²) in [6.45, 7) is 2.87. The highest BCUT2D eigenvalue weighted by Crippen LogP contribution is 2.19. The molecule has 0 amide bonds. The van der Waals surface area contributed by atoms with Gasteiger partial charge in [0.2, 0.25) is 5.13 Å². The molecule has 3 rings (SSSR count). The van der Waals surface area contributed by atoms with Crippen LogP contribution in [0.5, 0.6) is 0 Å². The van der Waals surface area contributed by atoms with E-state index in [0.29, 0.717) is 0 Å². The number of anilines is 1. The maximum Gasteiger partial charge on any atom is 0.205 e. The van der Waals surface area contributed by atoms with Gasteiger partial charge in [-0.1, -0.05) is 54.7 Å². The summed E-state index contributed by atoms with van der Waals surface area (Å²) >= 11 is 1.62. The smallest absolute Gasteiger partial charge is 0.205 e. The highest BCUT2D eigenvalue weighted by Gasteiger charge is 2.02. The van der Waals surface area contributed by atoms with Crippen LogP contribution in [0.25, 0.3) is 10.8 Å². The van der Waals surface area contributed by atoms with Crippen LogP contribution < -0.4 is 5.32 Å². The van der Waals surface area contributed by atoms with E-state index in [1.807, 2.05) is 0 Å². The highest BCUT2D eigenvalue weighted by atomic mass is 32.1. The summed E-state index contributed by atoms with van der Waals surface area (Å²) in [7, 11) is 0. The maximum absolute atomic E-state index is 4.12. The molecule has 1 N–H and O–H groups in total. The minimum atomic E-state index is 0.781. The van der Waals surface area contributed by atoms with Crippen molar-refractivity contribution < 1.29 is 0 Å². The number of aryl methyl sites for hydroxylation is 1. The van der Waals surface area contributed by atoms with Gasteiger partial charge in [-0.05, 0) is 28.8 Å². The first-order valence-corrected chi connectivity index (χ1v) is 7.21. The topological polar surface area (TPSA) is 37.8 Å². The second-order valence-electron chi connectivity index (χ2n) is 4.39. The molecule has 0 saturated heterocycles. The summed E-state index contributed by atoms with van der Waals surface area (Å²) in [6, 6.07) is 14.9. The van der Waals surface area contributed by atoms with Gasteiger partial charge < -0.3 is 5.32 Å². The predicted octanol–water partition coefficient (Wildman–Crippen LogP) is 3.87. The lowest BCUT2D eigenvalue weighted by atomic mass is 10.1. The van der Waals surface area contributed by atoms with E-state index in [-0.39, 0.29) is 0 Å². The normalized spacial score (nSPS) is 10.8. The Kier molecular flexibility index (Phi) is 3.42. The van der Waals surface area contributed by atoms with Gasteiger partial charge in [0.25, 0.3) is 0 Å². The van der Waals surface area contributed by atoms with Gasteiger partial charge in [0, 0.05) is 6.54 Å². The van der Waals surface area contributed by atoms with Crippen LogP contribution in [-0.2, 0) is 13.0 Å². The van der Waals surface area contributed by atoms with Crippen molar-refractivity contribution in [2.45, 2.75) is 19.9 Å². The Balaban J connectivity index is 1.74. The minimum absolute atomic E-state index is 0.781. The molecular formula is C15H15N3S. The van der Waals surface area contributed by atoms with Crippen LogP contribution in [0.4, 0.5) is 5.13 Å². The minimum Gasteiger partial charge on any atom is -0.356 e. The van der Waals surface area contributed by atoms with Crippen LogP contribution >= 0.6 is 11.3 Å². The molecule has 0 bridgehead atoms. The SMILES string of the molecule is CCc1nnc(NCc2ccc3ccccc3c2)s1. The van der Waals surface area contributed by atoms with Crippen LogP contribution in [0.1, 0.15) is 17.5 Å². The summed E-state index contributed by atoms with van der Waals surface area (Å²) in [5.74, 6) is 0. The third-order valence-electron chi connectivity index (χ3n) is 3.03. The number of benzene rings is 2. The Morgan fingerprint density at radius 1 is 1.05 bits per heavy atom. The maximum atomic E-state index is 4.12. The second kappa shape index (κ2) is 5.36. The van der Waals surface area contributed by atoms with Gasteiger partial charge in [-0.2, -0.15) is 0 Å². The van der Waals surface area contributed by atoms with Crippen molar-refractivity contribution >= 4 is 27.2 Å². The molecular weight excluding hydrogens is 254 g/mol. The third-order valence-corrected chi connectivity index (χ3v) is 4.05. The Morgan fingerprint density at radius 3 is 2.68 bits per heavy atom. The summed E-state index contributed by atoms with van der Waals surface area (Å²) in [4.78, 5) is 0. The molecule has 19 heavy (non-hydrogen) atoms. The molecule has 0 fully saturated rings. The molecule has 0 aliphatic rings. The van der Waals surface area contributed by atoms with Crippen molar-refractivity contribution in [3.05, 3.63) is 53.0 Å². The van der Waals surface area contributed by atoms with E-state index in [9.17, 15) is 0 Å². The standard InChI is InChI=1S/C15H15N3S/c1-2-14-17-18-15(19-14)16-10-11-7-8-12-5-3-4-6-13(12)9-11/h3-9H,2,10H2,1H3,(H,16,18). The van der Waals surface area contributed by atoms with E-state index in [4.69, 9.17) is 0 Å². The largest absolute Gasteiger partial charge is 0.356 e. The average molecular weight is 269 g/mol. The summed E-state index contributed by atoms with van der Waals surface area (Å²) < 4.78 is 0. The van der Waals surface area contributed by atoms with E-state index in [1.165, 1.54) is 16.3 Å². The van der Waals surface area contributed by atoms with Crippen LogP contribution in [0, 0.1) is 0 Å². The molecule has 2 aromatic carbocycles. The van der Waals surface area contributed by atoms with Crippen molar-refractivity contribution in [1.29, 1.82) is 0 Å². The summed E-state index contributed by atoms with van der Waals surface area (Å²) in [5, 5.41) is 16.1. The van der Waals surface area contributed by atoms with E-state index in [1.54, 1.807) is 11.3 Å². The van der Waals surface area contributed by atoms with E-state index in [0.717, 1.165) is 23.1 Å². The molecule has 1 heterocycles. The number of rotatable bonds is 4. The fraction of sp³-hybridized carbons (Fsp3) is 0.200. The molecule has 0 radical (unpaired) electrons. The van der Waals surface area contributed by atoms with E-state index >= 15 is 0 Å². The first kappa shape index (κ1) is 12.1. The summed E-state index contributed by atoms with van der Waals surface area (Å²) in [5.41, 5.74) is 1.26. The zero-order valence-corrected chi connectivity index (χ0v) is 11.6. The molecule has 0 unspecified atom stereocenters. The van der Waals surface area contributed by atoms with Crippen molar-refractivity contribution in [2.24, 2.45) is 0 Å². The Bertz CT molecular complexity index is 690. The van der Waals surface area contributed by atoms with Gasteiger partial charge in [-0.15, -0.1) is 10.2 Å². The molecule has 4 heteroatoms. The lowest BCUT2D eigenvalue weighted by Gasteiger charge is -2.04. The zero-order chi connectivity index (χ0) is 13.1. The Hall–Kier alpha value is -1.94. The molecule has 3 nitrogen and oxygen atoms in total. The third kappa shape index (κ3) is 2.74. The quantitative estimate of drug-likeness (QED) is 0.781. The van der Waals surface area contributed by atoms with Gasteiger partial charge in [0.15, 0.2) is 0 Å². The molecule has 0 atom stereocenters. The van der Waals surface area contributed by atoms with Gasteiger partial charge in [0.1, 0.15) is 5.01 Å². The fourth-order valence-corrected chi connectivity index (χ4v) is 2.67. The molecule has 0 saturated carbocycles. The molecule has 96 valence electrons. The lowest BCUT2D eigenvalue weighted by Crippen LogP contribution is -1.98. The number of aromatic nitrogens is 2. The number of nitrogens with one attached hydrogen (secondary N) is 1. The lowest BCUT2D eigenvalue weighted by molar-refractivity contribution is 0.975. The molecule has 1 aromatic heterocycles. The van der Waals surface area contributed by atoms with Crippen molar-refractivity contribution in [3.63, 3.8) is 0 Å². The van der Waals surface area contributed by atoms with Crippen LogP contribution in [0.3, 0.4) is 0 Å². The number of nitrogens with zero attached hydrogens (tertiary/aromatic N) is 2. The predicted molar refractivity (Wildman–Crippen MR) is 80.6 cm³/mol. The van der Waals surface area contributed by atoms with Crippen molar-refractivity contribution in [2.75, 3.05) is 5.32 Å². The number of hydrogen-bond acceptors (Lipinski definition) is 4. The second-order valence-corrected chi connectivity index (χ2v) is 5.45. The van der Waals surface area contributed by atoms with Gasteiger partial charge in [-0.3, -0.25) is 0 Å². The van der Waals surface area contributed by atoms with Crippen molar-refractivity contribution in [3.8, 4) is 0 Å². The molecule has 3 aromatic rings. The van der Waals surface area contributed by atoms with E-state index in [2.05, 4.69) is 64.9 Å². The average Bonchev–Trinajstić information content (AvgIpc) is 2.93. The monoisotopic (exact) mass is 269 g/mol. The van der Waals surface area contributed by atoms with E-state index < -0.39 is 0 Å². The molecule has 0 aliphatic carbocycles. The fourth-order valence-electron chi connectivity index (χ4n) is 1.99. The first-order valence-electron chi connectivity index (χ1n) is 6.39. The van der Waals surface area contributed by atoms with Gasteiger partial charge in [0.05, 0.1) is 0 Å². The highest BCUT2D eigenvalue weighted by molar-refractivity contribution is 7.15. The first-order chi connectivity index (χ1) is 9.35. The van der Waals surface area contributed by atoms with Gasteiger partial charge >= 0.3 is 0 Å². The molecule has 0 spiro atoms. The Labute approximate surface area is 116 Å². The Morgan fingerprint density at radius 2 is 1.89 bits per heavy atom. The number of hydrogen-bond donors (Lipinski definition) is 1. The zero-order valence-electron chi connectivity index (χ0n) is 10.8. The van der Waals surface area contributed by atoms with Crippen LogP contribution in [0.15, 0.2) is 42.5 Å². The number of fused-ring (bicyclic) bond motifs is 1.